The zero-order valence-electron chi connectivity index (χ0n) is 11.8. The van der Waals surface area contributed by atoms with Crippen molar-refractivity contribution in [2.75, 3.05) is 7.11 Å². The number of nitrogens with one attached hydrogen (secondary N) is 1. The molecule has 0 spiro atoms. The molecule has 5 heteroatoms. The lowest BCUT2D eigenvalue weighted by molar-refractivity contribution is 0.407. The van der Waals surface area contributed by atoms with Gasteiger partial charge in [0.15, 0.2) is 0 Å². The molecule has 1 aliphatic rings. The third kappa shape index (κ3) is 3.86. The first kappa shape index (κ1) is 14.2. The van der Waals surface area contributed by atoms with Gasteiger partial charge in [0.05, 0.1) is 17.8 Å². The van der Waals surface area contributed by atoms with Gasteiger partial charge in [-0.1, -0.05) is 17.7 Å². The lowest BCUT2D eigenvalue weighted by Gasteiger charge is -2.09. The molecule has 1 aromatic heterocycles. The van der Waals surface area contributed by atoms with Crippen molar-refractivity contribution in [2.24, 2.45) is 0 Å². The van der Waals surface area contributed by atoms with Gasteiger partial charge in [-0.25, -0.2) is 4.98 Å². The van der Waals surface area contributed by atoms with Crippen molar-refractivity contribution >= 4 is 11.6 Å². The molecule has 0 unspecified atom stereocenters. The minimum Gasteiger partial charge on any atom is -0.497 e. The van der Waals surface area contributed by atoms with E-state index >= 15 is 0 Å². The van der Waals surface area contributed by atoms with Gasteiger partial charge >= 0.3 is 0 Å². The Morgan fingerprint density at radius 2 is 2.05 bits per heavy atom. The largest absolute Gasteiger partial charge is 0.497 e. The highest BCUT2D eigenvalue weighted by Gasteiger charge is 2.20. The van der Waals surface area contributed by atoms with Crippen LogP contribution in [0.3, 0.4) is 0 Å². The second kappa shape index (κ2) is 6.33. The maximum Gasteiger partial charge on any atom is 0.219 e. The fraction of sp³-hybridized carbons (Fsp3) is 0.312. The number of rotatable bonds is 6. The van der Waals surface area contributed by atoms with Crippen molar-refractivity contribution in [3.05, 3.63) is 47.1 Å². The molecule has 4 nitrogen and oxygen atoms in total. The van der Waals surface area contributed by atoms with Gasteiger partial charge < -0.3 is 14.8 Å². The highest BCUT2D eigenvalue weighted by molar-refractivity contribution is 6.31. The predicted molar refractivity (Wildman–Crippen MR) is 82.2 cm³/mol. The number of nitrogens with zero attached hydrogens (tertiary/aromatic N) is 1. The Kier molecular flexibility index (Phi) is 4.27. The van der Waals surface area contributed by atoms with Crippen LogP contribution in [0.4, 0.5) is 0 Å². The Balaban J connectivity index is 1.73. The summed E-state index contributed by atoms with van der Waals surface area (Å²) in [5.41, 5.74) is 0.809. The van der Waals surface area contributed by atoms with Gasteiger partial charge in [0.25, 0.3) is 0 Å². The summed E-state index contributed by atoms with van der Waals surface area (Å²) in [4.78, 5) is 4.47. The molecular weight excluding hydrogens is 288 g/mol. The molecule has 1 aliphatic carbocycles. The highest BCUT2D eigenvalue weighted by Crippen LogP contribution is 2.26. The molecule has 0 saturated heterocycles. The minimum atomic E-state index is 0.528. The van der Waals surface area contributed by atoms with Crippen molar-refractivity contribution in [1.29, 1.82) is 0 Å². The molecule has 0 amide bonds. The first-order valence-corrected chi connectivity index (χ1v) is 7.33. The zero-order valence-corrected chi connectivity index (χ0v) is 12.6. The predicted octanol–water partition coefficient (Wildman–Crippen LogP) is 3.79. The average Bonchev–Trinajstić information content (AvgIpc) is 3.32. The summed E-state index contributed by atoms with van der Waals surface area (Å²) in [6, 6.07) is 11.6. The van der Waals surface area contributed by atoms with E-state index in [0.29, 0.717) is 29.2 Å². The van der Waals surface area contributed by atoms with Crippen LogP contribution in [0.5, 0.6) is 17.4 Å². The summed E-state index contributed by atoms with van der Waals surface area (Å²) < 4.78 is 10.9. The number of ether oxygens (including phenoxy) is 2. The third-order valence-corrected chi connectivity index (χ3v) is 3.64. The SMILES string of the molecule is COc1cccc(Oc2ccc(Cl)c(CNC3CC3)n2)c1. The molecule has 0 radical (unpaired) electrons. The normalized spacial score (nSPS) is 14.0. The van der Waals surface area contributed by atoms with Gasteiger partial charge in [-0.3, -0.25) is 0 Å². The Hall–Kier alpha value is -1.78. The van der Waals surface area contributed by atoms with E-state index in [2.05, 4.69) is 10.3 Å². The number of benzene rings is 1. The van der Waals surface area contributed by atoms with E-state index in [0.717, 1.165) is 11.4 Å². The van der Waals surface area contributed by atoms with Gasteiger partial charge in [-0.05, 0) is 31.0 Å². The summed E-state index contributed by atoms with van der Waals surface area (Å²) >= 11 is 6.17. The number of aromatic nitrogens is 1. The Labute approximate surface area is 129 Å². The Morgan fingerprint density at radius 3 is 2.81 bits per heavy atom. The van der Waals surface area contributed by atoms with E-state index in [-0.39, 0.29) is 0 Å². The third-order valence-electron chi connectivity index (χ3n) is 3.29. The number of hydrogen-bond acceptors (Lipinski definition) is 4. The minimum absolute atomic E-state index is 0.528. The molecular formula is C16H17ClN2O2. The molecule has 1 saturated carbocycles. The molecule has 1 aromatic carbocycles. The van der Waals surface area contributed by atoms with E-state index in [9.17, 15) is 0 Å². The molecule has 1 heterocycles. The summed E-state index contributed by atoms with van der Waals surface area (Å²) in [7, 11) is 1.63. The van der Waals surface area contributed by atoms with E-state index in [1.54, 1.807) is 13.2 Å². The summed E-state index contributed by atoms with van der Waals surface area (Å²) in [5, 5.41) is 4.05. The molecule has 21 heavy (non-hydrogen) atoms. The van der Waals surface area contributed by atoms with Crippen LogP contribution < -0.4 is 14.8 Å². The van der Waals surface area contributed by atoms with Crippen molar-refractivity contribution in [3.8, 4) is 17.4 Å². The quantitative estimate of drug-likeness (QED) is 0.882. The Morgan fingerprint density at radius 1 is 1.24 bits per heavy atom. The molecule has 1 fully saturated rings. The topological polar surface area (TPSA) is 43.4 Å². The summed E-state index contributed by atoms with van der Waals surface area (Å²) in [5.74, 6) is 1.96. The van der Waals surface area contributed by atoms with Crippen molar-refractivity contribution in [3.63, 3.8) is 0 Å². The molecule has 0 aliphatic heterocycles. The molecule has 110 valence electrons. The van der Waals surface area contributed by atoms with E-state index in [1.807, 2.05) is 30.3 Å². The number of hydrogen-bond donors (Lipinski definition) is 1. The fourth-order valence-corrected chi connectivity index (χ4v) is 2.13. The van der Waals surface area contributed by atoms with Crippen LogP contribution >= 0.6 is 11.6 Å². The van der Waals surface area contributed by atoms with Crippen molar-refractivity contribution in [1.82, 2.24) is 10.3 Å². The fourth-order valence-electron chi connectivity index (χ4n) is 1.96. The first-order valence-electron chi connectivity index (χ1n) is 6.95. The lowest BCUT2D eigenvalue weighted by atomic mass is 10.3. The second-order valence-electron chi connectivity index (χ2n) is 5.01. The molecule has 0 atom stereocenters. The number of pyridine rings is 1. The Bertz CT molecular complexity index is 629. The van der Waals surface area contributed by atoms with E-state index < -0.39 is 0 Å². The van der Waals surface area contributed by atoms with E-state index in [4.69, 9.17) is 21.1 Å². The molecule has 2 aromatic rings. The van der Waals surface area contributed by atoms with E-state index in [1.165, 1.54) is 12.8 Å². The van der Waals surface area contributed by atoms with Crippen molar-refractivity contribution < 1.29 is 9.47 Å². The van der Waals surface area contributed by atoms with Crippen LogP contribution in [-0.2, 0) is 6.54 Å². The monoisotopic (exact) mass is 304 g/mol. The second-order valence-corrected chi connectivity index (χ2v) is 5.42. The van der Waals surface area contributed by atoms with Crippen LogP contribution in [0, 0.1) is 0 Å². The van der Waals surface area contributed by atoms with Gasteiger partial charge in [0.2, 0.25) is 5.88 Å². The smallest absolute Gasteiger partial charge is 0.219 e. The molecule has 3 rings (SSSR count). The van der Waals surface area contributed by atoms with Crippen LogP contribution in [0.25, 0.3) is 0 Å². The van der Waals surface area contributed by atoms with Crippen LogP contribution in [0.15, 0.2) is 36.4 Å². The highest BCUT2D eigenvalue weighted by atomic mass is 35.5. The first-order chi connectivity index (χ1) is 10.2. The summed E-state index contributed by atoms with van der Waals surface area (Å²) in [6.07, 6.45) is 2.47. The molecule has 0 bridgehead atoms. The number of halogens is 1. The maximum atomic E-state index is 6.17. The van der Waals surface area contributed by atoms with Crippen LogP contribution in [0.1, 0.15) is 18.5 Å². The van der Waals surface area contributed by atoms with Crippen molar-refractivity contribution in [2.45, 2.75) is 25.4 Å². The average molecular weight is 305 g/mol. The van der Waals surface area contributed by atoms with Crippen LogP contribution in [0.2, 0.25) is 5.02 Å². The maximum absolute atomic E-state index is 6.17. The molecule has 1 N–H and O–H groups in total. The standard InChI is InChI=1S/C16H17ClN2O2/c1-20-12-3-2-4-13(9-12)21-16-8-7-14(17)15(19-16)10-18-11-5-6-11/h2-4,7-9,11,18H,5-6,10H2,1H3. The summed E-state index contributed by atoms with van der Waals surface area (Å²) in [6.45, 7) is 0.665. The van der Waals surface area contributed by atoms with Gasteiger partial charge in [-0.2, -0.15) is 0 Å². The van der Waals surface area contributed by atoms with Gasteiger partial charge in [0.1, 0.15) is 11.5 Å². The van der Waals surface area contributed by atoms with Gasteiger partial charge in [-0.15, -0.1) is 0 Å². The lowest BCUT2D eigenvalue weighted by Crippen LogP contribution is -2.16. The zero-order chi connectivity index (χ0) is 14.7. The van der Waals surface area contributed by atoms with Gasteiger partial charge in [0, 0.05) is 24.7 Å². The number of methoxy groups -OCH3 is 1. The van der Waals surface area contributed by atoms with Crippen LogP contribution in [-0.4, -0.2) is 18.1 Å².